The first-order valence-corrected chi connectivity index (χ1v) is 25.6. The molecule has 0 aromatic carbocycles. The molecular formula is C48H88NO11P. The van der Waals surface area contributed by atoms with Gasteiger partial charge in [0.25, 0.3) is 0 Å². The summed E-state index contributed by atoms with van der Waals surface area (Å²) >= 11 is 0. The number of aliphatic hydroxyl groups excluding tert-OH is 1. The molecule has 0 saturated heterocycles. The summed E-state index contributed by atoms with van der Waals surface area (Å²) in [6.45, 7) is 2.60. The molecule has 356 valence electrons. The van der Waals surface area contributed by atoms with Crippen LogP contribution >= 0.6 is 7.82 Å². The highest BCUT2D eigenvalue weighted by Gasteiger charge is 2.28. The van der Waals surface area contributed by atoms with Crippen LogP contribution in [-0.4, -0.2) is 71.1 Å². The molecule has 0 saturated carbocycles. The summed E-state index contributed by atoms with van der Waals surface area (Å²) < 4.78 is 32.7. The fourth-order valence-electron chi connectivity index (χ4n) is 6.72. The second-order valence-electron chi connectivity index (χ2n) is 16.4. The van der Waals surface area contributed by atoms with E-state index in [2.05, 4.69) is 30.5 Å². The first-order chi connectivity index (χ1) is 29.5. The molecule has 0 aliphatic carbocycles. The molecule has 0 fully saturated rings. The van der Waals surface area contributed by atoms with Crippen molar-refractivity contribution in [3.8, 4) is 0 Å². The molecule has 12 nitrogen and oxygen atoms in total. The minimum absolute atomic E-state index is 0.0930. The predicted octanol–water partition coefficient (Wildman–Crippen LogP) is 12.1. The quantitative estimate of drug-likeness (QED) is 0.0149. The Bertz CT molecular complexity index is 1190. The van der Waals surface area contributed by atoms with Crippen molar-refractivity contribution in [3.63, 3.8) is 0 Å². The highest BCUT2D eigenvalue weighted by molar-refractivity contribution is 7.47. The van der Waals surface area contributed by atoms with Gasteiger partial charge >= 0.3 is 25.7 Å². The number of hydrogen-bond donors (Lipinski definition) is 4. The fourth-order valence-corrected chi connectivity index (χ4v) is 7.50. The molecule has 0 aromatic heterocycles. The number of carbonyl (C=O) groups is 3. The number of ether oxygens (including phenoxy) is 2. The Hall–Kier alpha value is -2.34. The van der Waals surface area contributed by atoms with Crippen LogP contribution in [0.4, 0.5) is 0 Å². The lowest BCUT2D eigenvalue weighted by molar-refractivity contribution is -0.161. The molecule has 4 atom stereocenters. The Labute approximate surface area is 370 Å². The van der Waals surface area contributed by atoms with E-state index >= 15 is 0 Å². The van der Waals surface area contributed by atoms with E-state index < -0.39 is 57.2 Å². The van der Waals surface area contributed by atoms with Crippen molar-refractivity contribution in [2.45, 2.75) is 231 Å². The number of unbranched alkanes of at least 4 members (excludes halogenated alkanes) is 24. The molecule has 0 rings (SSSR count). The van der Waals surface area contributed by atoms with Crippen LogP contribution in [0, 0.1) is 0 Å². The Morgan fingerprint density at radius 1 is 0.590 bits per heavy atom. The van der Waals surface area contributed by atoms with Gasteiger partial charge in [-0.3, -0.25) is 23.4 Å². The van der Waals surface area contributed by atoms with E-state index in [9.17, 15) is 28.9 Å². The number of rotatable bonds is 45. The number of carbonyl (C=O) groups excluding carboxylic acids is 2. The van der Waals surface area contributed by atoms with Crippen LogP contribution in [0.3, 0.4) is 0 Å². The van der Waals surface area contributed by atoms with E-state index in [1.807, 2.05) is 18.2 Å². The number of carboxylic acid groups (broad SMARTS) is 1. The number of nitrogens with two attached hydrogens (primary N) is 1. The zero-order valence-corrected chi connectivity index (χ0v) is 39.3. The number of hydrogen-bond acceptors (Lipinski definition) is 10. The number of aliphatic hydroxyl groups is 1. The second kappa shape index (κ2) is 42.9. The molecule has 0 heterocycles. The van der Waals surface area contributed by atoms with E-state index in [-0.39, 0.29) is 19.4 Å². The van der Waals surface area contributed by atoms with Gasteiger partial charge in [-0.1, -0.05) is 204 Å². The Kier molecular flexibility index (Phi) is 41.3. The van der Waals surface area contributed by atoms with Crippen LogP contribution < -0.4 is 5.73 Å². The van der Waals surface area contributed by atoms with E-state index in [1.165, 1.54) is 109 Å². The molecule has 0 aliphatic rings. The number of esters is 2. The summed E-state index contributed by atoms with van der Waals surface area (Å²) in [6, 6.07) is -1.54. The molecular weight excluding hydrogens is 797 g/mol. The van der Waals surface area contributed by atoms with Crippen molar-refractivity contribution >= 4 is 25.7 Å². The standard InChI is InChI=1S/C48H88NO11P/c1-3-5-7-9-11-12-13-14-15-16-17-18-19-20-21-22-23-24-26-30-34-38-46(51)57-40-44(41-58-61(55,56)59-42-45(49)48(53)54)60-47(52)39-35-31-27-29-33-37-43(50)36-32-28-25-10-8-6-4-2/h6,8,25,28,32,36,43-45,50H,3-5,7,9-24,26-27,29-31,33-35,37-42,49H2,1-2H3,(H,53,54)(H,55,56)/b8-6+,28-25+,36-32+/t43?,44-,45+/m1/s1. The SMILES string of the molecule is CC/C=C/C/C=C/C=C/C(O)CCCCCCCC(=O)O[C@H](COC(=O)CCCCCCCCCCCCCCCCCCCCCCC)COP(=O)(O)OC[C@H](N)C(=O)O. The Morgan fingerprint density at radius 3 is 1.54 bits per heavy atom. The molecule has 13 heteroatoms. The maximum atomic E-state index is 12.7. The Balaban J connectivity index is 4.30. The third kappa shape index (κ3) is 42.7. The van der Waals surface area contributed by atoms with Gasteiger partial charge < -0.3 is 30.3 Å². The molecule has 0 spiro atoms. The van der Waals surface area contributed by atoms with E-state index in [1.54, 1.807) is 6.08 Å². The van der Waals surface area contributed by atoms with Gasteiger partial charge in [0.1, 0.15) is 12.6 Å². The Morgan fingerprint density at radius 2 is 1.05 bits per heavy atom. The maximum absolute atomic E-state index is 12.7. The van der Waals surface area contributed by atoms with Crippen LogP contribution in [0.15, 0.2) is 36.5 Å². The van der Waals surface area contributed by atoms with E-state index in [0.717, 1.165) is 57.8 Å². The lowest BCUT2D eigenvalue weighted by atomic mass is 10.0. The van der Waals surface area contributed by atoms with Crippen LogP contribution in [0.1, 0.15) is 213 Å². The average Bonchev–Trinajstić information content (AvgIpc) is 3.23. The summed E-state index contributed by atoms with van der Waals surface area (Å²) in [5.41, 5.74) is 5.34. The maximum Gasteiger partial charge on any atom is 0.472 e. The first kappa shape index (κ1) is 58.7. The number of phosphoric acid groups is 1. The highest BCUT2D eigenvalue weighted by Crippen LogP contribution is 2.43. The van der Waals surface area contributed by atoms with Crippen molar-refractivity contribution in [2.75, 3.05) is 19.8 Å². The fraction of sp³-hybridized carbons (Fsp3) is 0.812. The van der Waals surface area contributed by atoms with Gasteiger partial charge in [0.15, 0.2) is 6.10 Å². The number of allylic oxidation sites excluding steroid dienone is 5. The summed E-state index contributed by atoms with van der Waals surface area (Å²) in [4.78, 5) is 46.1. The highest BCUT2D eigenvalue weighted by atomic mass is 31.2. The smallest absolute Gasteiger partial charge is 0.472 e. The third-order valence-corrected chi connectivity index (χ3v) is 11.5. The molecule has 0 radical (unpaired) electrons. The molecule has 5 N–H and O–H groups in total. The zero-order valence-electron chi connectivity index (χ0n) is 38.4. The molecule has 0 bridgehead atoms. The van der Waals surface area contributed by atoms with Crippen LogP contribution in [0.5, 0.6) is 0 Å². The van der Waals surface area contributed by atoms with Crippen LogP contribution in [0.2, 0.25) is 0 Å². The average molecular weight is 886 g/mol. The minimum atomic E-state index is -4.74. The van der Waals surface area contributed by atoms with Gasteiger partial charge in [0.2, 0.25) is 0 Å². The van der Waals surface area contributed by atoms with Crippen LogP contribution in [-0.2, 0) is 37.5 Å². The molecule has 0 amide bonds. The van der Waals surface area contributed by atoms with Crippen molar-refractivity contribution < 1.29 is 52.6 Å². The van der Waals surface area contributed by atoms with Crippen molar-refractivity contribution in [1.29, 1.82) is 0 Å². The molecule has 0 aromatic rings. The van der Waals surface area contributed by atoms with Gasteiger partial charge in [-0.2, -0.15) is 0 Å². The predicted molar refractivity (Wildman–Crippen MR) is 246 cm³/mol. The largest absolute Gasteiger partial charge is 0.480 e. The third-order valence-electron chi connectivity index (χ3n) is 10.5. The van der Waals surface area contributed by atoms with Crippen LogP contribution in [0.25, 0.3) is 0 Å². The molecule has 61 heavy (non-hydrogen) atoms. The summed E-state index contributed by atoms with van der Waals surface area (Å²) in [5, 5.41) is 19.1. The molecule has 2 unspecified atom stereocenters. The van der Waals surface area contributed by atoms with Crippen molar-refractivity contribution in [3.05, 3.63) is 36.5 Å². The summed E-state index contributed by atoms with van der Waals surface area (Å²) in [6.07, 6.45) is 43.8. The minimum Gasteiger partial charge on any atom is -0.480 e. The lowest BCUT2D eigenvalue weighted by Gasteiger charge is -2.20. The zero-order chi connectivity index (χ0) is 45.1. The van der Waals surface area contributed by atoms with Gasteiger partial charge in [-0.05, 0) is 32.1 Å². The first-order valence-electron chi connectivity index (χ1n) is 24.1. The lowest BCUT2D eigenvalue weighted by Crippen LogP contribution is -2.34. The normalized spacial score (nSPS) is 14.4. The topological polar surface area (TPSA) is 192 Å². The number of phosphoric ester groups is 1. The van der Waals surface area contributed by atoms with E-state index in [0.29, 0.717) is 19.3 Å². The molecule has 0 aliphatic heterocycles. The number of aliphatic carboxylic acids is 1. The van der Waals surface area contributed by atoms with Gasteiger partial charge in [-0.15, -0.1) is 0 Å². The monoisotopic (exact) mass is 886 g/mol. The van der Waals surface area contributed by atoms with Gasteiger partial charge in [0.05, 0.1) is 19.3 Å². The summed E-state index contributed by atoms with van der Waals surface area (Å²) in [7, 11) is -4.74. The van der Waals surface area contributed by atoms with Gasteiger partial charge in [0, 0.05) is 12.8 Å². The van der Waals surface area contributed by atoms with Crippen molar-refractivity contribution in [1.82, 2.24) is 0 Å². The van der Waals surface area contributed by atoms with E-state index in [4.69, 9.17) is 24.8 Å². The second-order valence-corrected chi connectivity index (χ2v) is 17.9. The van der Waals surface area contributed by atoms with Gasteiger partial charge in [-0.25, -0.2) is 4.57 Å². The summed E-state index contributed by atoms with van der Waals surface area (Å²) in [5.74, 6) is -2.46. The number of carboxylic acids is 1. The van der Waals surface area contributed by atoms with Crippen molar-refractivity contribution in [2.24, 2.45) is 5.73 Å².